The highest BCUT2D eigenvalue weighted by Gasteiger charge is 2.20. The molecule has 0 fully saturated rings. The normalized spacial score (nSPS) is 11.6. The van der Waals surface area contributed by atoms with Gasteiger partial charge in [0.05, 0.1) is 11.5 Å². The number of rotatable bonds is 6. The number of nitrogens with one attached hydrogen (secondary N) is 2. The van der Waals surface area contributed by atoms with Crippen LogP contribution in [0.5, 0.6) is 0 Å². The van der Waals surface area contributed by atoms with Gasteiger partial charge in [-0.25, -0.2) is 4.98 Å². The highest BCUT2D eigenvalue weighted by Crippen LogP contribution is 2.25. The molecule has 0 saturated carbocycles. The molecule has 0 spiro atoms. The molecule has 1 aromatic carbocycles. The number of H-pyrrole nitrogens is 1. The van der Waals surface area contributed by atoms with Gasteiger partial charge in [-0.05, 0) is 43.2 Å². The van der Waals surface area contributed by atoms with Crippen LogP contribution in [0.2, 0.25) is 0 Å². The molecule has 0 aliphatic rings. The van der Waals surface area contributed by atoms with Gasteiger partial charge in [-0.15, -0.1) is 0 Å². The van der Waals surface area contributed by atoms with Crippen LogP contribution in [-0.4, -0.2) is 21.1 Å². The maximum Gasteiger partial charge on any atom is 0.270 e. The van der Waals surface area contributed by atoms with E-state index in [1.54, 1.807) is 19.1 Å². The van der Waals surface area contributed by atoms with Crippen LogP contribution in [0.15, 0.2) is 57.0 Å². The quantitative estimate of drug-likeness (QED) is 0.488. The van der Waals surface area contributed by atoms with Gasteiger partial charge >= 0.3 is 0 Å². The third-order valence-electron chi connectivity index (χ3n) is 4.05. The third-order valence-corrected chi connectivity index (χ3v) is 5.04. The molecule has 0 bridgehead atoms. The Labute approximate surface area is 165 Å². The Morgan fingerprint density at radius 1 is 1.36 bits per heavy atom. The van der Waals surface area contributed by atoms with Crippen LogP contribution >= 0.6 is 11.8 Å². The van der Waals surface area contributed by atoms with Gasteiger partial charge < -0.3 is 14.7 Å². The minimum Gasteiger partial charge on any atom is -0.463 e. The maximum absolute atomic E-state index is 12.5. The first-order valence-electron chi connectivity index (χ1n) is 8.66. The summed E-state index contributed by atoms with van der Waals surface area (Å²) in [7, 11) is 0. The standard InChI is InChI=1S/C20H18N4O3S/c1-3-13-6-8-14(9-7-13)22-18(25)12(2)28-20-23-17(16-5-4-10-27-16)15(11-21)19(26)24-20/h4-10,12H,3H2,1-2H3,(H,22,25)(H,23,24,26)/t12-/m1/s1. The number of nitriles is 1. The van der Waals surface area contributed by atoms with Gasteiger partial charge in [0.25, 0.3) is 5.56 Å². The first-order valence-corrected chi connectivity index (χ1v) is 9.54. The molecule has 0 radical (unpaired) electrons. The maximum atomic E-state index is 12.5. The number of anilines is 1. The molecular weight excluding hydrogens is 376 g/mol. The van der Waals surface area contributed by atoms with Gasteiger partial charge in [-0.3, -0.25) is 9.59 Å². The monoisotopic (exact) mass is 394 g/mol. The predicted octanol–water partition coefficient (Wildman–Crippen LogP) is 3.58. The third kappa shape index (κ3) is 4.32. The van der Waals surface area contributed by atoms with Crippen LogP contribution in [0.4, 0.5) is 5.69 Å². The summed E-state index contributed by atoms with van der Waals surface area (Å²) in [6.07, 6.45) is 2.36. The molecule has 3 aromatic rings. The molecule has 0 aliphatic carbocycles. The number of amides is 1. The van der Waals surface area contributed by atoms with Crippen molar-refractivity contribution < 1.29 is 9.21 Å². The number of aryl methyl sites for hydroxylation is 1. The molecule has 3 rings (SSSR count). The molecule has 2 heterocycles. The topological polar surface area (TPSA) is 112 Å². The fourth-order valence-corrected chi connectivity index (χ4v) is 3.29. The summed E-state index contributed by atoms with van der Waals surface area (Å²) < 4.78 is 5.27. The highest BCUT2D eigenvalue weighted by atomic mass is 32.2. The number of thioether (sulfide) groups is 1. The van der Waals surface area contributed by atoms with Crippen molar-refractivity contribution in [2.24, 2.45) is 0 Å². The minimum atomic E-state index is -0.575. The van der Waals surface area contributed by atoms with Gasteiger partial charge in [-0.1, -0.05) is 30.8 Å². The minimum absolute atomic E-state index is 0.132. The SMILES string of the molecule is CCc1ccc(NC(=O)[C@@H](C)Sc2nc(-c3ccco3)c(C#N)c(=O)[nH]2)cc1. The predicted molar refractivity (Wildman–Crippen MR) is 107 cm³/mol. The largest absolute Gasteiger partial charge is 0.463 e. The Kier molecular flexibility index (Phi) is 5.96. The van der Waals surface area contributed by atoms with Crippen LogP contribution in [-0.2, 0) is 11.2 Å². The number of carbonyl (C=O) groups excluding carboxylic acids is 1. The molecule has 1 amide bonds. The van der Waals surface area contributed by atoms with Gasteiger partial charge in [0.1, 0.15) is 17.3 Å². The summed E-state index contributed by atoms with van der Waals surface area (Å²) in [6.45, 7) is 3.78. The zero-order valence-electron chi connectivity index (χ0n) is 15.4. The van der Waals surface area contributed by atoms with Crippen molar-refractivity contribution in [1.82, 2.24) is 9.97 Å². The van der Waals surface area contributed by atoms with Gasteiger partial charge in [0.2, 0.25) is 5.91 Å². The molecule has 1 atom stereocenters. The summed E-state index contributed by atoms with van der Waals surface area (Å²) in [5.41, 5.74) is 1.33. The Bertz CT molecular complexity index is 1070. The number of aromatic amines is 1. The van der Waals surface area contributed by atoms with E-state index in [-0.39, 0.29) is 22.3 Å². The molecule has 0 saturated heterocycles. The van der Waals surface area contributed by atoms with E-state index < -0.39 is 10.8 Å². The molecular formula is C20H18N4O3S. The van der Waals surface area contributed by atoms with E-state index in [2.05, 4.69) is 22.2 Å². The van der Waals surface area contributed by atoms with Crippen LogP contribution in [0, 0.1) is 11.3 Å². The number of benzene rings is 1. The van der Waals surface area contributed by atoms with Crippen molar-refractivity contribution in [1.29, 1.82) is 5.26 Å². The van der Waals surface area contributed by atoms with Crippen LogP contribution in [0.3, 0.4) is 0 Å². The van der Waals surface area contributed by atoms with E-state index in [0.717, 1.165) is 18.2 Å². The van der Waals surface area contributed by atoms with Crippen LogP contribution < -0.4 is 10.9 Å². The molecule has 8 heteroatoms. The Hall–Kier alpha value is -3.31. The van der Waals surface area contributed by atoms with Crippen molar-refractivity contribution in [3.05, 3.63) is 64.1 Å². The molecule has 2 N–H and O–H groups in total. The van der Waals surface area contributed by atoms with Crippen molar-refractivity contribution in [3.63, 3.8) is 0 Å². The second-order valence-corrected chi connectivity index (χ2v) is 7.31. The number of furan rings is 1. The zero-order chi connectivity index (χ0) is 20.1. The number of aromatic nitrogens is 2. The average molecular weight is 394 g/mol. The first kappa shape index (κ1) is 19.5. The average Bonchev–Trinajstić information content (AvgIpc) is 3.22. The lowest BCUT2D eigenvalue weighted by Gasteiger charge is -2.12. The Balaban J connectivity index is 1.78. The van der Waals surface area contributed by atoms with Crippen LogP contribution in [0.1, 0.15) is 25.0 Å². The molecule has 28 heavy (non-hydrogen) atoms. The number of hydrogen-bond donors (Lipinski definition) is 2. The summed E-state index contributed by atoms with van der Waals surface area (Å²) in [4.78, 5) is 31.5. The Morgan fingerprint density at radius 3 is 2.71 bits per heavy atom. The van der Waals surface area contributed by atoms with Crippen LogP contribution in [0.25, 0.3) is 11.5 Å². The zero-order valence-corrected chi connectivity index (χ0v) is 16.2. The molecule has 142 valence electrons. The van der Waals surface area contributed by atoms with Gasteiger partial charge in [0, 0.05) is 5.69 Å². The van der Waals surface area contributed by atoms with E-state index in [4.69, 9.17) is 4.42 Å². The van der Waals surface area contributed by atoms with E-state index >= 15 is 0 Å². The smallest absolute Gasteiger partial charge is 0.270 e. The molecule has 2 aromatic heterocycles. The summed E-state index contributed by atoms with van der Waals surface area (Å²) in [6, 6.07) is 12.7. The highest BCUT2D eigenvalue weighted by molar-refractivity contribution is 8.00. The fraction of sp³-hybridized carbons (Fsp3) is 0.200. The number of hydrogen-bond acceptors (Lipinski definition) is 6. The van der Waals surface area contributed by atoms with Gasteiger partial charge in [0.15, 0.2) is 10.9 Å². The lowest BCUT2D eigenvalue weighted by molar-refractivity contribution is -0.115. The van der Waals surface area contributed by atoms with Crippen molar-refractivity contribution in [2.75, 3.05) is 5.32 Å². The second-order valence-electron chi connectivity index (χ2n) is 5.98. The first-order chi connectivity index (χ1) is 13.5. The number of carbonyl (C=O) groups is 1. The van der Waals surface area contributed by atoms with E-state index in [0.29, 0.717) is 11.4 Å². The van der Waals surface area contributed by atoms with Crippen molar-refractivity contribution >= 4 is 23.4 Å². The van der Waals surface area contributed by atoms with E-state index in [9.17, 15) is 14.9 Å². The summed E-state index contributed by atoms with van der Waals surface area (Å²) >= 11 is 1.09. The van der Waals surface area contributed by atoms with Crippen molar-refractivity contribution in [3.8, 4) is 17.5 Å². The molecule has 0 unspecified atom stereocenters. The molecule has 7 nitrogen and oxygen atoms in total. The van der Waals surface area contributed by atoms with Gasteiger partial charge in [-0.2, -0.15) is 5.26 Å². The lowest BCUT2D eigenvalue weighted by Crippen LogP contribution is -2.23. The number of nitrogens with zero attached hydrogens (tertiary/aromatic N) is 2. The second kappa shape index (κ2) is 8.59. The molecule has 0 aliphatic heterocycles. The lowest BCUT2D eigenvalue weighted by atomic mass is 10.1. The van der Waals surface area contributed by atoms with E-state index in [1.807, 2.05) is 30.3 Å². The Morgan fingerprint density at radius 2 is 2.11 bits per heavy atom. The van der Waals surface area contributed by atoms with E-state index in [1.165, 1.54) is 11.8 Å². The summed E-state index contributed by atoms with van der Waals surface area (Å²) in [5.74, 6) is 0.0958. The fourth-order valence-electron chi connectivity index (χ4n) is 2.49. The summed E-state index contributed by atoms with van der Waals surface area (Å²) in [5, 5.41) is 11.8. The van der Waals surface area contributed by atoms with Crippen molar-refractivity contribution in [2.45, 2.75) is 30.7 Å².